The van der Waals surface area contributed by atoms with Gasteiger partial charge in [0.15, 0.2) is 0 Å². The molecule has 6 nitrogen and oxygen atoms in total. The molecule has 0 aliphatic carbocycles. The van der Waals surface area contributed by atoms with Gasteiger partial charge in [-0.15, -0.1) is 0 Å². The maximum absolute atomic E-state index is 14.6. The lowest BCUT2D eigenvalue weighted by molar-refractivity contribution is -0.113. The minimum atomic E-state index is -0.717. The average Bonchev–Trinajstić information content (AvgIpc) is 3.11. The molecule has 1 aliphatic heterocycles. The van der Waals surface area contributed by atoms with Gasteiger partial charge in [0, 0.05) is 16.9 Å². The predicted molar refractivity (Wildman–Crippen MR) is 105 cm³/mol. The quantitative estimate of drug-likeness (QED) is 0.725. The van der Waals surface area contributed by atoms with Crippen LogP contribution in [0.2, 0.25) is 0 Å². The van der Waals surface area contributed by atoms with Crippen molar-refractivity contribution in [3.63, 3.8) is 0 Å². The van der Waals surface area contributed by atoms with Crippen molar-refractivity contribution in [1.82, 2.24) is 14.8 Å². The second-order valence-electron chi connectivity index (χ2n) is 6.89. The Morgan fingerprint density at radius 3 is 2.71 bits per heavy atom. The summed E-state index contributed by atoms with van der Waals surface area (Å²) in [6, 6.07) is 11.5. The molecule has 28 heavy (non-hydrogen) atoms. The van der Waals surface area contributed by atoms with Crippen molar-refractivity contribution in [3.05, 3.63) is 82.6 Å². The zero-order valence-corrected chi connectivity index (χ0v) is 15.8. The lowest BCUT2D eigenvalue weighted by Gasteiger charge is -2.29. The molecule has 2 heterocycles. The number of anilines is 2. The first kappa shape index (κ1) is 17.9. The van der Waals surface area contributed by atoms with Crippen LogP contribution in [0.15, 0.2) is 60.1 Å². The highest BCUT2D eigenvalue weighted by molar-refractivity contribution is 6.06. The van der Waals surface area contributed by atoms with Crippen molar-refractivity contribution in [2.75, 3.05) is 10.6 Å². The Hall–Kier alpha value is -3.48. The number of hydrogen-bond acceptors (Lipinski definition) is 4. The van der Waals surface area contributed by atoms with E-state index in [0.29, 0.717) is 28.5 Å². The van der Waals surface area contributed by atoms with E-state index in [-0.39, 0.29) is 5.91 Å². The first-order chi connectivity index (χ1) is 13.5. The molecular formula is C21H20FN5O. The van der Waals surface area contributed by atoms with Crippen LogP contribution in [0.3, 0.4) is 0 Å². The summed E-state index contributed by atoms with van der Waals surface area (Å²) in [7, 11) is 0. The lowest BCUT2D eigenvalue weighted by atomic mass is 9.94. The number of carbonyl (C=O) groups is 1. The van der Waals surface area contributed by atoms with Gasteiger partial charge in [-0.2, -0.15) is 10.1 Å². The zero-order valence-electron chi connectivity index (χ0n) is 15.8. The predicted octanol–water partition coefficient (Wildman–Crippen LogP) is 3.96. The normalized spacial score (nSPS) is 15.8. The Balaban J connectivity index is 1.79. The number of nitrogens with zero attached hydrogens (tertiary/aromatic N) is 3. The maximum Gasteiger partial charge on any atom is 0.255 e. The SMILES string of the molecule is CC1=C(C(=O)Nc2ccc(C)cc2C)[C@H](c2ccccc2F)n2ncnc2N1. The number of allylic oxidation sites excluding steroid dienone is 1. The van der Waals surface area contributed by atoms with Gasteiger partial charge in [-0.1, -0.05) is 35.9 Å². The van der Waals surface area contributed by atoms with Gasteiger partial charge in [-0.25, -0.2) is 9.07 Å². The Morgan fingerprint density at radius 1 is 1.18 bits per heavy atom. The van der Waals surface area contributed by atoms with Crippen LogP contribution in [0.25, 0.3) is 0 Å². The Labute approximate surface area is 162 Å². The van der Waals surface area contributed by atoms with E-state index < -0.39 is 11.9 Å². The molecule has 0 saturated heterocycles. The molecule has 0 bridgehead atoms. The molecule has 142 valence electrons. The van der Waals surface area contributed by atoms with Gasteiger partial charge in [0.05, 0.1) is 5.57 Å². The molecule has 2 N–H and O–H groups in total. The third kappa shape index (κ3) is 3.05. The van der Waals surface area contributed by atoms with Gasteiger partial charge < -0.3 is 10.6 Å². The van der Waals surface area contributed by atoms with Crippen LogP contribution < -0.4 is 10.6 Å². The molecule has 1 aliphatic rings. The highest BCUT2D eigenvalue weighted by atomic mass is 19.1. The molecule has 0 spiro atoms. The average molecular weight is 377 g/mol. The standard InChI is InChI=1S/C21H20FN5O/c1-12-8-9-17(13(2)10-12)26-20(28)18-14(3)25-21-23-11-24-27(21)19(18)15-6-4-5-7-16(15)22/h4-11,19H,1-3H3,(H,26,28)(H,23,24,25)/t19-/m0/s1. The van der Waals surface area contributed by atoms with Gasteiger partial charge in [-0.3, -0.25) is 4.79 Å². The lowest BCUT2D eigenvalue weighted by Crippen LogP contribution is -2.32. The monoisotopic (exact) mass is 377 g/mol. The van der Waals surface area contributed by atoms with E-state index in [2.05, 4.69) is 20.7 Å². The van der Waals surface area contributed by atoms with Crippen molar-refractivity contribution in [1.29, 1.82) is 0 Å². The fourth-order valence-corrected chi connectivity index (χ4v) is 3.51. The van der Waals surface area contributed by atoms with Crippen LogP contribution in [0.4, 0.5) is 16.0 Å². The van der Waals surface area contributed by atoms with Gasteiger partial charge in [0.2, 0.25) is 5.95 Å². The molecule has 7 heteroatoms. The summed E-state index contributed by atoms with van der Waals surface area (Å²) in [6.45, 7) is 5.71. The first-order valence-electron chi connectivity index (χ1n) is 8.96. The fraction of sp³-hybridized carbons (Fsp3) is 0.190. The van der Waals surface area contributed by atoms with Crippen molar-refractivity contribution >= 4 is 17.5 Å². The number of rotatable bonds is 3. The van der Waals surface area contributed by atoms with Crippen LogP contribution in [-0.2, 0) is 4.79 Å². The van der Waals surface area contributed by atoms with E-state index in [1.54, 1.807) is 25.1 Å². The van der Waals surface area contributed by atoms with Crippen molar-refractivity contribution in [3.8, 4) is 0 Å². The van der Waals surface area contributed by atoms with Crippen molar-refractivity contribution in [2.45, 2.75) is 26.8 Å². The van der Waals surface area contributed by atoms with Crippen LogP contribution >= 0.6 is 0 Å². The van der Waals surface area contributed by atoms with Gasteiger partial charge >= 0.3 is 0 Å². The third-order valence-corrected chi connectivity index (χ3v) is 4.87. The molecule has 4 rings (SSSR count). The Kier molecular flexibility index (Phi) is 4.43. The van der Waals surface area contributed by atoms with E-state index in [9.17, 15) is 9.18 Å². The molecule has 0 unspecified atom stereocenters. The van der Waals surface area contributed by atoms with Crippen LogP contribution in [-0.4, -0.2) is 20.7 Å². The van der Waals surface area contributed by atoms with E-state index in [4.69, 9.17) is 0 Å². The molecule has 1 aromatic heterocycles. The molecule has 1 atom stereocenters. The summed E-state index contributed by atoms with van der Waals surface area (Å²) < 4.78 is 16.2. The Bertz CT molecular complexity index is 1100. The van der Waals surface area contributed by atoms with Crippen LogP contribution in [0.5, 0.6) is 0 Å². The van der Waals surface area contributed by atoms with E-state index in [1.165, 1.54) is 17.1 Å². The molecule has 0 radical (unpaired) electrons. The highest BCUT2D eigenvalue weighted by Gasteiger charge is 2.34. The summed E-state index contributed by atoms with van der Waals surface area (Å²) in [6.07, 6.45) is 1.38. The molecule has 0 saturated carbocycles. The second kappa shape index (κ2) is 6.92. The largest absolute Gasteiger partial charge is 0.328 e. The van der Waals surface area contributed by atoms with Gasteiger partial charge in [0.1, 0.15) is 18.2 Å². The number of carbonyl (C=O) groups excluding carboxylic acids is 1. The van der Waals surface area contributed by atoms with Gasteiger partial charge in [-0.05, 0) is 38.5 Å². The highest BCUT2D eigenvalue weighted by Crippen LogP contribution is 2.36. The summed E-state index contributed by atoms with van der Waals surface area (Å²) in [5.74, 6) is -0.249. The number of halogens is 1. The zero-order chi connectivity index (χ0) is 19.8. The minimum Gasteiger partial charge on any atom is -0.328 e. The smallest absolute Gasteiger partial charge is 0.255 e. The number of amides is 1. The van der Waals surface area contributed by atoms with E-state index >= 15 is 0 Å². The molecule has 1 amide bonds. The molecule has 0 fully saturated rings. The number of hydrogen-bond donors (Lipinski definition) is 2. The van der Waals surface area contributed by atoms with Crippen molar-refractivity contribution in [2.24, 2.45) is 0 Å². The second-order valence-corrected chi connectivity index (χ2v) is 6.89. The Morgan fingerprint density at radius 2 is 1.96 bits per heavy atom. The summed E-state index contributed by atoms with van der Waals surface area (Å²) in [5, 5.41) is 10.3. The van der Waals surface area contributed by atoms with Crippen molar-refractivity contribution < 1.29 is 9.18 Å². The summed E-state index contributed by atoms with van der Waals surface area (Å²) in [5.41, 5.74) is 4.15. The minimum absolute atomic E-state index is 0.314. The van der Waals surface area contributed by atoms with Gasteiger partial charge in [0.25, 0.3) is 5.91 Å². The van der Waals surface area contributed by atoms with Crippen LogP contribution in [0, 0.1) is 19.7 Å². The topological polar surface area (TPSA) is 71.8 Å². The number of benzene rings is 2. The third-order valence-electron chi connectivity index (χ3n) is 4.87. The molecule has 3 aromatic rings. The molecular weight excluding hydrogens is 357 g/mol. The summed E-state index contributed by atoms with van der Waals surface area (Å²) in [4.78, 5) is 17.4. The first-order valence-corrected chi connectivity index (χ1v) is 8.96. The summed E-state index contributed by atoms with van der Waals surface area (Å²) >= 11 is 0. The number of aromatic nitrogens is 3. The maximum atomic E-state index is 14.6. The number of aryl methyl sites for hydroxylation is 2. The number of nitrogens with one attached hydrogen (secondary N) is 2. The van der Waals surface area contributed by atoms with E-state index in [0.717, 1.165) is 11.1 Å². The number of fused-ring (bicyclic) bond motifs is 1. The van der Waals surface area contributed by atoms with Crippen LogP contribution in [0.1, 0.15) is 29.7 Å². The van der Waals surface area contributed by atoms with E-state index in [1.807, 2.05) is 32.0 Å². The molecule has 2 aromatic carbocycles. The fourth-order valence-electron chi connectivity index (χ4n) is 3.51.